The van der Waals surface area contributed by atoms with Crippen molar-refractivity contribution in [3.63, 3.8) is 0 Å². The molecule has 0 spiro atoms. The van der Waals surface area contributed by atoms with Crippen molar-refractivity contribution in [2.75, 3.05) is 11.4 Å². The SMILES string of the molecule is CCCN(c1nc(CNC(C)C)cs1)C(C)C. The van der Waals surface area contributed by atoms with Gasteiger partial charge in [0, 0.05) is 30.6 Å². The molecular formula is C13H25N3S. The number of aromatic nitrogens is 1. The topological polar surface area (TPSA) is 28.2 Å². The summed E-state index contributed by atoms with van der Waals surface area (Å²) in [6.07, 6.45) is 1.16. The van der Waals surface area contributed by atoms with Crippen molar-refractivity contribution in [1.82, 2.24) is 10.3 Å². The van der Waals surface area contributed by atoms with E-state index >= 15 is 0 Å². The van der Waals surface area contributed by atoms with Gasteiger partial charge in [-0.15, -0.1) is 11.3 Å². The van der Waals surface area contributed by atoms with Crippen LogP contribution in [0.3, 0.4) is 0 Å². The van der Waals surface area contributed by atoms with E-state index in [1.807, 2.05) is 0 Å². The molecule has 0 aliphatic heterocycles. The Kier molecular flexibility index (Phi) is 5.92. The quantitative estimate of drug-likeness (QED) is 0.810. The van der Waals surface area contributed by atoms with Gasteiger partial charge in [-0.2, -0.15) is 0 Å². The largest absolute Gasteiger partial charge is 0.346 e. The zero-order valence-corrected chi connectivity index (χ0v) is 12.5. The first-order chi connectivity index (χ1) is 8.04. The molecule has 1 heterocycles. The van der Waals surface area contributed by atoms with E-state index in [2.05, 4.69) is 50.2 Å². The molecule has 3 nitrogen and oxygen atoms in total. The summed E-state index contributed by atoms with van der Waals surface area (Å²) in [6.45, 7) is 12.9. The summed E-state index contributed by atoms with van der Waals surface area (Å²) in [5.41, 5.74) is 1.15. The van der Waals surface area contributed by atoms with Crippen LogP contribution in [0.25, 0.3) is 0 Å². The van der Waals surface area contributed by atoms with Crippen LogP contribution in [0.1, 0.15) is 46.7 Å². The van der Waals surface area contributed by atoms with Crippen LogP contribution in [0.4, 0.5) is 5.13 Å². The fourth-order valence-electron chi connectivity index (χ4n) is 1.63. The zero-order valence-electron chi connectivity index (χ0n) is 11.7. The zero-order chi connectivity index (χ0) is 12.8. The predicted molar refractivity (Wildman–Crippen MR) is 76.9 cm³/mol. The van der Waals surface area contributed by atoms with E-state index in [-0.39, 0.29) is 0 Å². The van der Waals surface area contributed by atoms with Gasteiger partial charge in [-0.05, 0) is 20.3 Å². The first-order valence-electron chi connectivity index (χ1n) is 6.49. The maximum atomic E-state index is 4.70. The molecule has 0 aliphatic rings. The first-order valence-corrected chi connectivity index (χ1v) is 7.37. The van der Waals surface area contributed by atoms with Crippen LogP contribution >= 0.6 is 11.3 Å². The molecular weight excluding hydrogens is 230 g/mol. The van der Waals surface area contributed by atoms with Gasteiger partial charge in [0.2, 0.25) is 0 Å². The maximum absolute atomic E-state index is 4.70. The lowest BCUT2D eigenvalue weighted by molar-refractivity contribution is 0.582. The molecule has 98 valence electrons. The van der Waals surface area contributed by atoms with E-state index < -0.39 is 0 Å². The minimum atomic E-state index is 0.511. The highest BCUT2D eigenvalue weighted by Crippen LogP contribution is 2.22. The molecule has 0 fully saturated rings. The average molecular weight is 255 g/mol. The fourth-order valence-corrected chi connectivity index (χ4v) is 2.62. The highest BCUT2D eigenvalue weighted by atomic mass is 32.1. The molecule has 0 bridgehead atoms. The molecule has 1 aromatic heterocycles. The minimum Gasteiger partial charge on any atom is -0.346 e. The van der Waals surface area contributed by atoms with E-state index in [0.29, 0.717) is 12.1 Å². The van der Waals surface area contributed by atoms with Gasteiger partial charge in [0.25, 0.3) is 0 Å². The molecule has 0 aromatic carbocycles. The lowest BCUT2D eigenvalue weighted by atomic mass is 10.3. The lowest BCUT2D eigenvalue weighted by Crippen LogP contribution is -2.31. The Balaban J connectivity index is 2.64. The van der Waals surface area contributed by atoms with Gasteiger partial charge in [0.15, 0.2) is 5.13 Å². The number of thiazole rings is 1. The van der Waals surface area contributed by atoms with E-state index in [9.17, 15) is 0 Å². The summed E-state index contributed by atoms with van der Waals surface area (Å²) in [6, 6.07) is 1.03. The van der Waals surface area contributed by atoms with Gasteiger partial charge < -0.3 is 10.2 Å². The molecule has 0 saturated heterocycles. The van der Waals surface area contributed by atoms with Crippen LogP contribution in [0, 0.1) is 0 Å². The standard InChI is InChI=1S/C13H25N3S/c1-6-7-16(11(4)5)13-15-12(9-17-13)8-14-10(2)3/h9-11,14H,6-8H2,1-5H3. The minimum absolute atomic E-state index is 0.511. The Morgan fingerprint density at radius 2 is 2.06 bits per heavy atom. The molecule has 1 aromatic rings. The Hall–Kier alpha value is -0.610. The van der Waals surface area contributed by atoms with Crippen molar-refractivity contribution in [1.29, 1.82) is 0 Å². The summed E-state index contributed by atoms with van der Waals surface area (Å²) in [7, 11) is 0. The second-order valence-electron chi connectivity index (χ2n) is 4.94. The van der Waals surface area contributed by atoms with Crippen molar-refractivity contribution in [2.45, 2.75) is 59.7 Å². The second kappa shape index (κ2) is 6.97. The monoisotopic (exact) mass is 255 g/mol. The molecule has 4 heteroatoms. The van der Waals surface area contributed by atoms with Gasteiger partial charge >= 0.3 is 0 Å². The van der Waals surface area contributed by atoms with Crippen LogP contribution in [-0.4, -0.2) is 23.6 Å². The Morgan fingerprint density at radius 3 is 2.59 bits per heavy atom. The third kappa shape index (κ3) is 4.64. The van der Waals surface area contributed by atoms with Crippen LogP contribution < -0.4 is 10.2 Å². The number of nitrogens with one attached hydrogen (secondary N) is 1. The van der Waals surface area contributed by atoms with Gasteiger partial charge in [-0.1, -0.05) is 20.8 Å². The molecule has 0 saturated carbocycles. The smallest absolute Gasteiger partial charge is 0.185 e. The third-order valence-electron chi connectivity index (χ3n) is 2.56. The predicted octanol–water partition coefficient (Wildman–Crippen LogP) is 3.27. The average Bonchev–Trinajstić information content (AvgIpc) is 2.71. The number of nitrogens with zero attached hydrogens (tertiary/aromatic N) is 2. The molecule has 17 heavy (non-hydrogen) atoms. The Morgan fingerprint density at radius 1 is 1.35 bits per heavy atom. The van der Waals surface area contributed by atoms with Gasteiger partial charge in [0.05, 0.1) is 5.69 Å². The first kappa shape index (κ1) is 14.5. The van der Waals surface area contributed by atoms with Crippen LogP contribution in [0.15, 0.2) is 5.38 Å². The van der Waals surface area contributed by atoms with Crippen molar-refractivity contribution < 1.29 is 0 Å². The molecule has 0 unspecified atom stereocenters. The van der Waals surface area contributed by atoms with E-state index in [1.165, 1.54) is 0 Å². The van der Waals surface area contributed by atoms with E-state index in [4.69, 9.17) is 4.98 Å². The van der Waals surface area contributed by atoms with Gasteiger partial charge in [-0.25, -0.2) is 4.98 Å². The second-order valence-corrected chi connectivity index (χ2v) is 5.78. The molecule has 0 atom stereocenters. The molecule has 0 radical (unpaired) electrons. The van der Waals surface area contributed by atoms with Gasteiger partial charge in [-0.3, -0.25) is 0 Å². The fraction of sp³-hybridized carbons (Fsp3) is 0.769. The molecule has 1 rings (SSSR count). The molecule has 1 N–H and O–H groups in total. The number of hydrogen-bond donors (Lipinski definition) is 1. The highest BCUT2D eigenvalue weighted by molar-refractivity contribution is 7.13. The van der Waals surface area contributed by atoms with Crippen molar-refractivity contribution in [3.05, 3.63) is 11.1 Å². The van der Waals surface area contributed by atoms with E-state index in [1.54, 1.807) is 11.3 Å². The van der Waals surface area contributed by atoms with Crippen molar-refractivity contribution >= 4 is 16.5 Å². The summed E-state index contributed by atoms with van der Waals surface area (Å²) >= 11 is 1.75. The summed E-state index contributed by atoms with van der Waals surface area (Å²) < 4.78 is 0. The Labute approximate surface area is 109 Å². The number of hydrogen-bond acceptors (Lipinski definition) is 4. The molecule has 0 aliphatic carbocycles. The van der Waals surface area contributed by atoms with Crippen molar-refractivity contribution in [3.8, 4) is 0 Å². The van der Waals surface area contributed by atoms with Crippen LogP contribution in [0.2, 0.25) is 0 Å². The van der Waals surface area contributed by atoms with E-state index in [0.717, 1.165) is 30.3 Å². The number of anilines is 1. The number of rotatable bonds is 7. The summed E-state index contributed by atoms with van der Waals surface area (Å²) in [5.74, 6) is 0. The maximum Gasteiger partial charge on any atom is 0.185 e. The third-order valence-corrected chi connectivity index (χ3v) is 3.49. The highest BCUT2D eigenvalue weighted by Gasteiger charge is 2.13. The van der Waals surface area contributed by atoms with Crippen LogP contribution in [0.5, 0.6) is 0 Å². The van der Waals surface area contributed by atoms with Crippen molar-refractivity contribution in [2.24, 2.45) is 0 Å². The molecule has 0 amide bonds. The van der Waals surface area contributed by atoms with Gasteiger partial charge in [0.1, 0.15) is 0 Å². The summed E-state index contributed by atoms with van der Waals surface area (Å²) in [5, 5.41) is 6.72. The summed E-state index contributed by atoms with van der Waals surface area (Å²) in [4.78, 5) is 7.08. The lowest BCUT2D eigenvalue weighted by Gasteiger charge is -2.25. The Bertz CT molecular complexity index is 320. The normalized spacial score (nSPS) is 11.5. The van der Waals surface area contributed by atoms with Crippen LogP contribution in [-0.2, 0) is 6.54 Å².